The van der Waals surface area contributed by atoms with Gasteiger partial charge >= 0.3 is 0 Å². The zero-order valence-electron chi connectivity index (χ0n) is 16.6. The van der Waals surface area contributed by atoms with Crippen LogP contribution in [0.25, 0.3) is 22.2 Å². The molecule has 0 aliphatic carbocycles. The molecule has 31 heavy (non-hydrogen) atoms. The van der Waals surface area contributed by atoms with Gasteiger partial charge in [0.15, 0.2) is 5.69 Å². The van der Waals surface area contributed by atoms with E-state index in [2.05, 4.69) is 15.0 Å². The molecule has 0 spiro atoms. The van der Waals surface area contributed by atoms with Crippen molar-refractivity contribution in [3.05, 3.63) is 84.2 Å². The maximum Gasteiger partial charge on any atom is 0.275 e. The number of hydrogen-bond acceptors (Lipinski definition) is 4. The normalized spacial score (nSPS) is 10.9. The highest BCUT2D eigenvalue weighted by Gasteiger charge is 2.23. The summed E-state index contributed by atoms with van der Waals surface area (Å²) in [5, 5.41) is 0.732. The van der Waals surface area contributed by atoms with Crippen LogP contribution in [0.4, 0.5) is 4.39 Å². The van der Waals surface area contributed by atoms with Crippen molar-refractivity contribution in [1.29, 1.82) is 0 Å². The van der Waals surface area contributed by atoms with E-state index >= 15 is 0 Å². The summed E-state index contributed by atoms with van der Waals surface area (Å²) in [5.74, 6) is -1.43. The Balaban J connectivity index is 1.62. The lowest BCUT2D eigenvalue weighted by molar-refractivity contribution is -0.118. The van der Waals surface area contributed by atoms with E-state index in [4.69, 9.17) is 5.73 Å². The molecule has 0 unspecified atom stereocenters. The third-order valence-electron chi connectivity index (χ3n) is 4.96. The van der Waals surface area contributed by atoms with Gasteiger partial charge in [-0.25, -0.2) is 9.37 Å². The van der Waals surface area contributed by atoms with E-state index in [0.29, 0.717) is 12.1 Å². The number of fused-ring (bicyclic) bond motifs is 1. The molecule has 2 aromatic carbocycles. The molecule has 8 heteroatoms. The zero-order valence-corrected chi connectivity index (χ0v) is 16.6. The van der Waals surface area contributed by atoms with Gasteiger partial charge in [0, 0.05) is 41.6 Å². The second kappa shape index (κ2) is 8.74. The molecule has 0 atom stereocenters. The molecule has 0 aliphatic heterocycles. The Morgan fingerprint density at radius 3 is 2.61 bits per heavy atom. The number of primary amides is 1. The molecule has 0 saturated carbocycles. The van der Waals surface area contributed by atoms with Crippen LogP contribution >= 0.6 is 0 Å². The van der Waals surface area contributed by atoms with Gasteiger partial charge in [-0.2, -0.15) is 0 Å². The number of halogens is 1. The number of benzene rings is 2. The van der Waals surface area contributed by atoms with Gasteiger partial charge < -0.3 is 15.6 Å². The molecule has 156 valence electrons. The predicted molar refractivity (Wildman–Crippen MR) is 115 cm³/mol. The highest BCUT2D eigenvalue weighted by molar-refractivity contribution is 5.99. The molecule has 7 nitrogen and oxygen atoms in total. The number of H-pyrrole nitrogens is 1. The lowest BCUT2D eigenvalue weighted by Crippen LogP contribution is -2.40. The van der Waals surface area contributed by atoms with Crippen LogP contribution in [0, 0.1) is 5.82 Å². The molecule has 2 amide bonds. The Hall–Kier alpha value is -4.07. The van der Waals surface area contributed by atoms with E-state index in [-0.39, 0.29) is 24.6 Å². The minimum atomic E-state index is -0.636. The first-order chi connectivity index (χ1) is 15.0. The summed E-state index contributed by atoms with van der Waals surface area (Å²) in [5.41, 5.74) is 8.33. The number of carbonyl (C=O) groups is 2. The fourth-order valence-corrected chi connectivity index (χ4v) is 3.50. The van der Waals surface area contributed by atoms with Crippen LogP contribution in [0.2, 0.25) is 0 Å². The van der Waals surface area contributed by atoms with Crippen molar-refractivity contribution in [2.75, 3.05) is 13.1 Å². The number of carbonyl (C=O) groups excluding carboxylic acids is 2. The summed E-state index contributed by atoms with van der Waals surface area (Å²) in [6.07, 6.45) is 5.13. The van der Waals surface area contributed by atoms with E-state index in [1.807, 2.05) is 30.3 Å². The molecule has 0 bridgehead atoms. The van der Waals surface area contributed by atoms with Crippen LogP contribution < -0.4 is 5.73 Å². The van der Waals surface area contributed by atoms with Crippen LogP contribution in [0.3, 0.4) is 0 Å². The summed E-state index contributed by atoms with van der Waals surface area (Å²) < 4.78 is 13.7. The van der Waals surface area contributed by atoms with E-state index in [1.54, 1.807) is 12.3 Å². The van der Waals surface area contributed by atoms with Crippen LogP contribution in [0.5, 0.6) is 0 Å². The number of aromatic amines is 1. The topological polar surface area (TPSA) is 105 Å². The van der Waals surface area contributed by atoms with Gasteiger partial charge in [-0.05, 0) is 30.2 Å². The van der Waals surface area contributed by atoms with Gasteiger partial charge in [0.05, 0.1) is 6.54 Å². The monoisotopic (exact) mass is 417 g/mol. The third kappa shape index (κ3) is 4.42. The summed E-state index contributed by atoms with van der Waals surface area (Å²) in [6.45, 7) is -0.0591. The van der Waals surface area contributed by atoms with Gasteiger partial charge in [-0.3, -0.25) is 14.6 Å². The molecule has 2 heterocycles. The number of aromatic nitrogens is 3. The Morgan fingerprint density at radius 2 is 1.84 bits per heavy atom. The second-order valence-corrected chi connectivity index (χ2v) is 7.07. The zero-order chi connectivity index (χ0) is 21.8. The van der Waals surface area contributed by atoms with Crippen LogP contribution in [-0.4, -0.2) is 44.8 Å². The van der Waals surface area contributed by atoms with Gasteiger partial charge in [0.25, 0.3) is 5.91 Å². The molecule has 4 rings (SSSR count). The first-order valence-electron chi connectivity index (χ1n) is 9.72. The summed E-state index contributed by atoms with van der Waals surface area (Å²) >= 11 is 0. The number of nitrogens with two attached hydrogens (primary N) is 1. The fourth-order valence-electron chi connectivity index (χ4n) is 3.50. The van der Waals surface area contributed by atoms with E-state index in [1.165, 1.54) is 29.4 Å². The molecule has 0 radical (unpaired) electrons. The first-order valence-corrected chi connectivity index (χ1v) is 9.72. The highest BCUT2D eigenvalue weighted by Crippen LogP contribution is 2.22. The van der Waals surface area contributed by atoms with Gasteiger partial charge in [0.1, 0.15) is 11.5 Å². The standard InChI is InChI=1S/C23H20FN5O2/c24-17-6-7-19-18(12-17)16(13-28-19)8-11-29(14-20(25)30)23(31)22-21(26-9-10-27-22)15-4-2-1-3-5-15/h1-7,9-10,12-13,28H,8,11,14H2,(H2,25,30). The number of hydrogen-bond donors (Lipinski definition) is 2. The molecule has 0 aliphatic rings. The smallest absolute Gasteiger partial charge is 0.275 e. The van der Waals surface area contributed by atoms with Crippen LogP contribution in [0.15, 0.2) is 67.1 Å². The quantitative estimate of drug-likeness (QED) is 0.482. The van der Waals surface area contributed by atoms with Crippen LogP contribution in [0.1, 0.15) is 16.1 Å². The van der Waals surface area contributed by atoms with Crippen molar-refractivity contribution in [2.24, 2.45) is 5.73 Å². The van der Waals surface area contributed by atoms with Crippen molar-refractivity contribution in [2.45, 2.75) is 6.42 Å². The minimum absolute atomic E-state index is 0.139. The molecule has 0 fully saturated rings. The molecule has 2 aromatic heterocycles. The molecule has 4 aromatic rings. The van der Waals surface area contributed by atoms with Crippen molar-refractivity contribution in [3.63, 3.8) is 0 Å². The lowest BCUT2D eigenvalue weighted by Gasteiger charge is -2.21. The maximum atomic E-state index is 13.7. The largest absolute Gasteiger partial charge is 0.368 e. The maximum absolute atomic E-state index is 13.7. The first kappa shape index (κ1) is 20.2. The SMILES string of the molecule is NC(=O)CN(CCc1c[nH]c2ccc(F)cc12)C(=O)c1nccnc1-c1ccccc1. The Labute approximate surface area is 177 Å². The number of amides is 2. The summed E-state index contributed by atoms with van der Waals surface area (Å²) in [4.78, 5) is 37.9. The Kier molecular flexibility index (Phi) is 5.70. The summed E-state index contributed by atoms with van der Waals surface area (Å²) in [7, 11) is 0. The van der Waals surface area contributed by atoms with Gasteiger partial charge in [0.2, 0.25) is 5.91 Å². The van der Waals surface area contributed by atoms with Crippen LogP contribution in [-0.2, 0) is 11.2 Å². The average molecular weight is 417 g/mol. The highest BCUT2D eigenvalue weighted by atomic mass is 19.1. The summed E-state index contributed by atoms with van der Waals surface area (Å²) in [6, 6.07) is 13.7. The van der Waals surface area contributed by atoms with Gasteiger partial charge in [-0.1, -0.05) is 30.3 Å². The van der Waals surface area contributed by atoms with Crippen molar-refractivity contribution in [1.82, 2.24) is 19.9 Å². The van der Waals surface area contributed by atoms with Gasteiger partial charge in [-0.15, -0.1) is 0 Å². The lowest BCUT2D eigenvalue weighted by atomic mass is 10.1. The second-order valence-electron chi connectivity index (χ2n) is 7.07. The molecule has 0 saturated heterocycles. The Bertz CT molecular complexity index is 1240. The van der Waals surface area contributed by atoms with Crippen molar-refractivity contribution < 1.29 is 14.0 Å². The van der Waals surface area contributed by atoms with Crippen molar-refractivity contribution in [3.8, 4) is 11.3 Å². The Morgan fingerprint density at radius 1 is 1.06 bits per heavy atom. The molecule has 3 N–H and O–H groups in total. The molecular weight excluding hydrogens is 397 g/mol. The minimum Gasteiger partial charge on any atom is -0.368 e. The number of rotatable bonds is 7. The average Bonchev–Trinajstić information content (AvgIpc) is 3.18. The van der Waals surface area contributed by atoms with E-state index in [9.17, 15) is 14.0 Å². The van der Waals surface area contributed by atoms with Crippen molar-refractivity contribution >= 4 is 22.7 Å². The van der Waals surface area contributed by atoms with E-state index < -0.39 is 11.8 Å². The number of nitrogens with zero attached hydrogens (tertiary/aromatic N) is 3. The predicted octanol–water partition coefficient (Wildman–Crippen LogP) is 2.93. The fraction of sp³-hybridized carbons (Fsp3) is 0.130. The number of nitrogens with one attached hydrogen (secondary N) is 1. The third-order valence-corrected chi connectivity index (χ3v) is 4.96. The van der Waals surface area contributed by atoms with E-state index in [0.717, 1.165) is 22.0 Å². The molecular formula is C23H20FN5O2.